The van der Waals surface area contributed by atoms with Gasteiger partial charge >= 0.3 is 0 Å². The van der Waals surface area contributed by atoms with Crippen LogP contribution in [0.4, 0.5) is 0 Å². The van der Waals surface area contributed by atoms with Crippen molar-refractivity contribution in [2.24, 2.45) is 0 Å². The number of rotatable bonds is 6. The molecule has 0 aliphatic heterocycles. The van der Waals surface area contributed by atoms with E-state index in [9.17, 15) is 9.59 Å². The maximum Gasteiger partial charge on any atom is 0.255 e. The third-order valence-corrected chi connectivity index (χ3v) is 3.19. The molecular formula is C14H19BrN2O3. The lowest BCUT2D eigenvalue weighted by Gasteiger charge is -2.15. The van der Waals surface area contributed by atoms with Gasteiger partial charge in [0.1, 0.15) is 11.8 Å². The van der Waals surface area contributed by atoms with Crippen molar-refractivity contribution in [2.45, 2.75) is 26.3 Å². The highest BCUT2D eigenvalue weighted by molar-refractivity contribution is 9.10. The Bertz CT molecular complexity index is 491. The third-order valence-electron chi connectivity index (χ3n) is 2.70. The van der Waals surface area contributed by atoms with Gasteiger partial charge in [-0.05, 0) is 31.5 Å². The van der Waals surface area contributed by atoms with Gasteiger partial charge in [-0.3, -0.25) is 9.59 Å². The molecule has 0 aliphatic carbocycles. The van der Waals surface area contributed by atoms with Crippen LogP contribution in [0.25, 0.3) is 0 Å². The van der Waals surface area contributed by atoms with Crippen molar-refractivity contribution in [2.75, 3.05) is 13.7 Å². The minimum absolute atomic E-state index is 0.198. The van der Waals surface area contributed by atoms with Gasteiger partial charge in [0, 0.05) is 11.0 Å². The van der Waals surface area contributed by atoms with Gasteiger partial charge in [-0.1, -0.05) is 22.9 Å². The van der Waals surface area contributed by atoms with Crippen LogP contribution in [0.3, 0.4) is 0 Å². The van der Waals surface area contributed by atoms with Gasteiger partial charge in [-0.2, -0.15) is 0 Å². The molecule has 0 fully saturated rings. The molecule has 20 heavy (non-hydrogen) atoms. The summed E-state index contributed by atoms with van der Waals surface area (Å²) in [6, 6.07) is 4.51. The van der Waals surface area contributed by atoms with E-state index in [0.717, 1.165) is 10.9 Å². The van der Waals surface area contributed by atoms with Crippen molar-refractivity contribution >= 4 is 27.7 Å². The van der Waals surface area contributed by atoms with Crippen LogP contribution in [0.15, 0.2) is 22.7 Å². The molecule has 0 spiro atoms. The molecule has 0 bridgehead atoms. The average Bonchev–Trinajstić information content (AvgIpc) is 2.44. The van der Waals surface area contributed by atoms with E-state index in [1.807, 2.05) is 6.92 Å². The smallest absolute Gasteiger partial charge is 0.255 e. The monoisotopic (exact) mass is 342 g/mol. The van der Waals surface area contributed by atoms with Gasteiger partial charge in [0.2, 0.25) is 5.91 Å². The molecule has 0 radical (unpaired) electrons. The summed E-state index contributed by atoms with van der Waals surface area (Å²) in [5.41, 5.74) is 0.394. The molecule has 0 saturated carbocycles. The summed E-state index contributed by atoms with van der Waals surface area (Å²) in [4.78, 5) is 23.9. The summed E-state index contributed by atoms with van der Waals surface area (Å²) < 4.78 is 5.98. The first kappa shape index (κ1) is 16.5. The van der Waals surface area contributed by atoms with Crippen molar-refractivity contribution in [1.29, 1.82) is 0 Å². The number of halogens is 1. The van der Waals surface area contributed by atoms with Crippen molar-refractivity contribution in [3.05, 3.63) is 28.2 Å². The summed E-state index contributed by atoms with van der Waals surface area (Å²) in [6.45, 7) is 4.21. The second kappa shape index (κ2) is 7.89. The van der Waals surface area contributed by atoms with E-state index in [0.29, 0.717) is 17.9 Å². The van der Waals surface area contributed by atoms with E-state index >= 15 is 0 Å². The zero-order valence-corrected chi connectivity index (χ0v) is 13.4. The number of hydrogen-bond donors (Lipinski definition) is 2. The molecule has 0 aliphatic rings. The molecule has 1 rings (SSSR count). The summed E-state index contributed by atoms with van der Waals surface area (Å²) in [7, 11) is 1.50. The van der Waals surface area contributed by atoms with Gasteiger partial charge < -0.3 is 15.4 Å². The van der Waals surface area contributed by atoms with Gasteiger partial charge in [-0.15, -0.1) is 0 Å². The maximum atomic E-state index is 12.1. The molecule has 0 saturated heterocycles. The fourth-order valence-corrected chi connectivity index (χ4v) is 1.93. The maximum absolute atomic E-state index is 12.1. The summed E-state index contributed by atoms with van der Waals surface area (Å²) in [6.07, 6.45) is 0.854. The first-order chi connectivity index (χ1) is 9.49. The predicted molar refractivity (Wildman–Crippen MR) is 80.9 cm³/mol. The number of nitrogens with one attached hydrogen (secondary N) is 2. The fourth-order valence-electron chi connectivity index (χ4n) is 1.59. The molecule has 2 amide bonds. The zero-order chi connectivity index (χ0) is 15.1. The lowest BCUT2D eigenvalue weighted by Crippen LogP contribution is -2.45. The van der Waals surface area contributed by atoms with Gasteiger partial charge in [-0.25, -0.2) is 0 Å². The topological polar surface area (TPSA) is 67.4 Å². The Balaban J connectivity index is 2.73. The standard InChI is InChI=1S/C14H19BrN2O3/c1-4-7-16-13(18)9(2)17-14(19)11-6-5-10(15)8-12(11)20-3/h5-6,8-9H,4,7H2,1-3H3,(H,16,18)(H,17,19). The Morgan fingerprint density at radius 1 is 1.40 bits per heavy atom. The molecule has 0 heterocycles. The normalized spacial score (nSPS) is 11.6. The molecule has 1 atom stereocenters. The van der Waals surface area contributed by atoms with Crippen LogP contribution < -0.4 is 15.4 Å². The number of carbonyl (C=O) groups is 2. The van der Waals surface area contributed by atoms with E-state index in [4.69, 9.17) is 4.74 Å². The first-order valence-electron chi connectivity index (χ1n) is 6.41. The SMILES string of the molecule is CCCNC(=O)C(C)NC(=O)c1ccc(Br)cc1OC. The van der Waals surface area contributed by atoms with E-state index in [1.54, 1.807) is 25.1 Å². The Labute approximate surface area is 127 Å². The third kappa shape index (κ3) is 4.52. The lowest BCUT2D eigenvalue weighted by molar-refractivity contribution is -0.122. The summed E-state index contributed by atoms with van der Waals surface area (Å²) in [5.74, 6) is -0.0807. The molecule has 110 valence electrons. The number of hydrogen-bond acceptors (Lipinski definition) is 3. The first-order valence-corrected chi connectivity index (χ1v) is 7.21. The average molecular weight is 343 g/mol. The number of benzene rings is 1. The van der Waals surface area contributed by atoms with Gasteiger partial charge in [0.05, 0.1) is 12.7 Å². The van der Waals surface area contributed by atoms with Crippen molar-refractivity contribution in [1.82, 2.24) is 10.6 Å². The quantitative estimate of drug-likeness (QED) is 0.831. The number of methoxy groups -OCH3 is 1. The molecule has 0 aromatic heterocycles. The second-order valence-corrected chi connectivity index (χ2v) is 5.25. The molecule has 5 nitrogen and oxygen atoms in total. The largest absolute Gasteiger partial charge is 0.496 e. The van der Waals surface area contributed by atoms with E-state index in [1.165, 1.54) is 7.11 Å². The summed E-state index contributed by atoms with van der Waals surface area (Å²) in [5, 5.41) is 5.39. The van der Waals surface area contributed by atoms with E-state index < -0.39 is 6.04 Å². The minimum Gasteiger partial charge on any atom is -0.496 e. The molecule has 1 aromatic carbocycles. The molecule has 6 heteroatoms. The van der Waals surface area contributed by atoms with E-state index in [2.05, 4.69) is 26.6 Å². The Morgan fingerprint density at radius 3 is 2.70 bits per heavy atom. The molecular weight excluding hydrogens is 324 g/mol. The van der Waals surface area contributed by atoms with Gasteiger partial charge in [0.15, 0.2) is 0 Å². The predicted octanol–water partition coefficient (Wildman–Crippen LogP) is 2.10. The summed E-state index contributed by atoms with van der Waals surface area (Å²) >= 11 is 3.31. The second-order valence-electron chi connectivity index (χ2n) is 4.33. The highest BCUT2D eigenvalue weighted by Crippen LogP contribution is 2.23. The molecule has 1 aromatic rings. The van der Waals surface area contributed by atoms with Crippen molar-refractivity contribution < 1.29 is 14.3 Å². The Kier molecular flexibility index (Phi) is 6.51. The number of amides is 2. The number of carbonyl (C=O) groups excluding carboxylic acids is 2. The number of ether oxygens (including phenoxy) is 1. The van der Waals surface area contributed by atoms with Crippen LogP contribution in [-0.4, -0.2) is 31.5 Å². The van der Waals surface area contributed by atoms with E-state index in [-0.39, 0.29) is 11.8 Å². The van der Waals surface area contributed by atoms with Crippen LogP contribution in [-0.2, 0) is 4.79 Å². The van der Waals surface area contributed by atoms with Crippen molar-refractivity contribution in [3.63, 3.8) is 0 Å². The Hall–Kier alpha value is -1.56. The molecule has 2 N–H and O–H groups in total. The Morgan fingerprint density at radius 2 is 2.10 bits per heavy atom. The molecule has 1 unspecified atom stereocenters. The lowest BCUT2D eigenvalue weighted by atomic mass is 10.1. The highest BCUT2D eigenvalue weighted by atomic mass is 79.9. The van der Waals surface area contributed by atoms with Crippen LogP contribution in [0.2, 0.25) is 0 Å². The highest BCUT2D eigenvalue weighted by Gasteiger charge is 2.18. The van der Waals surface area contributed by atoms with Crippen LogP contribution in [0.1, 0.15) is 30.6 Å². The van der Waals surface area contributed by atoms with Gasteiger partial charge in [0.25, 0.3) is 5.91 Å². The fraction of sp³-hybridized carbons (Fsp3) is 0.429. The van der Waals surface area contributed by atoms with Crippen LogP contribution >= 0.6 is 15.9 Å². The van der Waals surface area contributed by atoms with Crippen LogP contribution in [0.5, 0.6) is 5.75 Å². The van der Waals surface area contributed by atoms with Crippen molar-refractivity contribution in [3.8, 4) is 5.75 Å². The van der Waals surface area contributed by atoms with Crippen LogP contribution in [0, 0.1) is 0 Å². The minimum atomic E-state index is -0.595. The zero-order valence-electron chi connectivity index (χ0n) is 11.8.